The number of fused-ring (bicyclic) bond motifs is 2. The molecule has 0 aliphatic rings. The van der Waals surface area contributed by atoms with Crippen molar-refractivity contribution in [3.05, 3.63) is 71.8 Å². The van der Waals surface area contributed by atoms with E-state index in [9.17, 15) is 5.11 Å². The molecule has 5 rings (SSSR count). The third kappa shape index (κ3) is 3.39. The number of aromatic nitrogens is 4. The lowest BCUT2D eigenvalue weighted by atomic mass is 10.2. The molecule has 0 fully saturated rings. The van der Waals surface area contributed by atoms with Crippen molar-refractivity contribution in [2.24, 2.45) is 0 Å². The minimum Gasteiger partial charge on any atom is -0.457 e. The summed E-state index contributed by atoms with van der Waals surface area (Å²) in [6, 6.07) is 11.6. The van der Waals surface area contributed by atoms with Crippen molar-refractivity contribution < 1.29 is 9.84 Å². The van der Waals surface area contributed by atoms with E-state index >= 15 is 0 Å². The van der Waals surface area contributed by atoms with Crippen molar-refractivity contribution in [1.82, 2.24) is 19.4 Å². The topological polar surface area (TPSA) is 84.6 Å². The Balaban J connectivity index is 1.40. The van der Waals surface area contributed by atoms with Crippen molar-refractivity contribution in [2.75, 3.05) is 5.32 Å². The number of anilines is 2. The Morgan fingerprint density at radius 2 is 2.03 bits per heavy atom. The van der Waals surface area contributed by atoms with Gasteiger partial charge in [-0.1, -0.05) is 0 Å². The number of aryl methyl sites for hydroxylation is 1. The van der Waals surface area contributed by atoms with Crippen molar-refractivity contribution in [3.8, 4) is 11.5 Å². The maximum Gasteiger partial charge on any atom is 0.142 e. The summed E-state index contributed by atoms with van der Waals surface area (Å²) in [7, 11) is 0. The number of nitrogens with zero attached hydrogens (tertiary/aromatic N) is 4. The van der Waals surface area contributed by atoms with Crippen LogP contribution in [0.15, 0.2) is 61.3 Å². The molecular formula is C21H17N5O2S. The van der Waals surface area contributed by atoms with Crippen LogP contribution in [-0.4, -0.2) is 24.5 Å². The van der Waals surface area contributed by atoms with E-state index in [0.29, 0.717) is 5.82 Å². The van der Waals surface area contributed by atoms with E-state index < -0.39 is 0 Å². The Morgan fingerprint density at radius 3 is 2.90 bits per heavy atom. The largest absolute Gasteiger partial charge is 0.457 e. The summed E-state index contributed by atoms with van der Waals surface area (Å²) in [5, 5.41) is 13.6. The monoisotopic (exact) mass is 403 g/mol. The normalized spacial score (nSPS) is 11.2. The van der Waals surface area contributed by atoms with Gasteiger partial charge < -0.3 is 19.6 Å². The predicted molar refractivity (Wildman–Crippen MR) is 113 cm³/mol. The summed E-state index contributed by atoms with van der Waals surface area (Å²) in [4.78, 5) is 14.6. The van der Waals surface area contributed by atoms with Crippen LogP contribution in [0.3, 0.4) is 0 Å². The van der Waals surface area contributed by atoms with E-state index in [1.54, 1.807) is 6.20 Å². The molecule has 0 spiro atoms. The molecule has 144 valence electrons. The van der Waals surface area contributed by atoms with Crippen molar-refractivity contribution >= 4 is 38.7 Å². The van der Waals surface area contributed by atoms with Crippen LogP contribution in [0, 0.1) is 6.92 Å². The zero-order chi connectivity index (χ0) is 19.8. The fraction of sp³-hybridized carbons (Fsp3) is 0.0952. The summed E-state index contributed by atoms with van der Waals surface area (Å²) in [5.41, 5.74) is 2.73. The van der Waals surface area contributed by atoms with Gasteiger partial charge in [0.05, 0.1) is 12.0 Å². The average molecular weight is 403 g/mol. The third-order valence-electron chi connectivity index (χ3n) is 4.57. The second kappa shape index (κ2) is 7.16. The molecule has 0 aliphatic heterocycles. The molecule has 0 unspecified atom stereocenters. The highest BCUT2D eigenvalue weighted by atomic mass is 32.1. The molecule has 0 saturated carbocycles. The Kier molecular flexibility index (Phi) is 4.34. The first-order chi connectivity index (χ1) is 14.2. The Labute approximate surface area is 170 Å². The number of aliphatic hydroxyl groups is 1. The second-order valence-electron chi connectivity index (χ2n) is 6.57. The van der Waals surface area contributed by atoms with Crippen LogP contribution in [0.25, 0.3) is 15.9 Å². The van der Waals surface area contributed by atoms with E-state index in [2.05, 4.69) is 20.3 Å². The molecule has 0 radical (unpaired) electrons. The van der Waals surface area contributed by atoms with E-state index in [4.69, 9.17) is 4.74 Å². The highest BCUT2D eigenvalue weighted by Gasteiger charge is 2.10. The van der Waals surface area contributed by atoms with Crippen LogP contribution in [0.5, 0.6) is 11.5 Å². The minimum absolute atomic E-state index is 0.00382. The second-order valence-corrected chi connectivity index (χ2v) is 7.69. The summed E-state index contributed by atoms with van der Waals surface area (Å²) in [6.07, 6.45) is 7.10. The Hall–Kier alpha value is -3.49. The molecular weight excluding hydrogens is 386 g/mol. The lowest BCUT2D eigenvalue weighted by Gasteiger charge is -2.12. The number of imidazole rings is 1. The van der Waals surface area contributed by atoms with Gasteiger partial charge in [-0.05, 0) is 42.8 Å². The number of hydrogen-bond donors (Lipinski definition) is 2. The van der Waals surface area contributed by atoms with E-state index in [-0.39, 0.29) is 6.61 Å². The van der Waals surface area contributed by atoms with Crippen LogP contribution < -0.4 is 10.1 Å². The van der Waals surface area contributed by atoms with Gasteiger partial charge in [0.25, 0.3) is 0 Å². The SMILES string of the molecule is Cc1cc(Nc2ncnc3sc(CO)cc23)ccc1Oc1ccn2ccnc2c1. The lowest BCUT2D eigenvalue weighted by molar-refractivity contribution is 0.285. The van der Waals surface area contributed by atoms with Gasteiger partial charge in [0.1, 0.15) is 34.1 Å². The molecule has 8 heteroatoms. The lowest BCUT2D eigenvalue weighted by Crippen LogP contribution is -1.96. The number of hydrogen-bond acceptors (Lipinski definition) is 7. The van der Waals surface area contributed by atoms with Gasteiger partial charge >= 0.3 is 0 Å². The van der Waals surface area contributed by atoms with Gasteiger partial charge in [0.2, 0.25) is 0 Å². The smallest absolute Gasteiger partial charge is 0.142 e. The molecule has 0 saturated heterocycles. The fourth-order valence-electron chi connectivity index (χ4n) is 3.14. The molecule has 7 nitrogen and oxygen atoms in total. The molecule has 0 bridgehead atoms. The van der Waals surface area contributed by atoms with E-state index in [0.717, 1.165) is 43.5 Å². The number of thiophene rings is 1. The van der Waals surface area contributed by atoms with E-state index in [1.807, 2.05) is 60.1 Å². The van der Waals surface area contributed by atoms with E-state index in [1.165, 1.54) is 17.7 Å². The molecule has 5 aromatic rings. The van der Waals surface area contributed by atoms with Crippen molar-refractivity contribution in [1.29, 1.82) is 0 Å². The van der Waals surface area contributed by atoms with Crippen LogP contribution in [0.2, 0.25) is 0 Å². The first kappa shape index (κ1) is 17.6. The number of benzene rings is 1. The fourth-order valence-corrected chi connectivity index (χ4v) is 4.00. The number of ether oxygens (including phenoxy) is 1. The summed E-state index contributed by atoms with van der Waals surface area (Å²) >= 11 is 1.46. The standard InChI is InChI=1S/C21H17N5O2S/c1-13-8-14(25-20-17-10-16(11-27)29-21(17)24-12-23-20)2-3-18(13)28-15-4-6-26-7-5-22-19(26)9-15/h2-10,12,27H,11H2,1H3,(H,23,24,25). The zero-order valence-corrected chi connectivity index (χ0v) is 16.3. The highest BCUT2D eigenvalue weighted by molar-refractivity contribution is 7.18. The Bertz CT molecular complexity index is 1330. The molecule has 29 heavy (non-hydrogen) atoms. The first-order valence-corrected chi connectivity index (χ1v) is 9.84. The van der Waals surface area contributed by atoms with Crippen molar-refractivity contribution in [2.45, 2.75) is 13.5 Å². The number of pyridine rings is 1. The number of rotatable bonds is 5. The summed E-state index contributed by atoms with van der Waals surface area (Å²) < 4.78 is 7.98. The average Bonchev–Trinajstić information content (AvgIpc) is 3.36. The summed E-state index contributed by atoms with van der Waals surface area (Å²) in [5.74, 6) is 2.22. The molecule has 0 amide bonds. The van der Waals surface area contributed by atoms with Crippen LogP contribution in [0.1, 0.15) is 10.4 Å². The number of nitrogens with one attached hydrogen (secondary N) is 1. The van der Waals surface area contributed by atoms with Gasteiger partial charge in [0, 0.05) is 35.2 Å². The van der Waals surface area contributed by atoms with Gasteiger partial charge in [-0.25, -0.2) is 15.0 Å². The predicted octanol–water partition coefficient (Wildman–Crippen LogP) is 4.68. The maximum atomic E-state index is 9.38. The van der Waals surface area contributed by atoms with Gasteiger partial charge in [-0.2, -0.15) is 0 Å². The van der Waals surface area contributed by atoms with Crippen LogP contribution in [-0.2, 0) is 6.61 Å². The van der Waals surface area contributed by atoms with Gasteiger partial charge in [0.15, 0.2) is 0 Å². The van der Waals surface area contributed by atoms with Crippen LogP contribution in [0.4, 0.5) is 11.5 Å². The molecule has 1 aromatic carbocycles. The van der Waals surface area contributed by atoms with Crippen LogP contribution >= 0.6 is 11.3 Å². The van der Waals surface area contributed by atoms with Gasteiger partial charge in [-0.3, -0.25) is 0 Å². The number of aliphatic hydroxyl groups excluding tert-OH is 1. The summed E-state index contributed by atoms with van der Waals surface area (Å²) in [6.45, 7) is 1.99. The van der Waals surface area contributed by atoms with Crippen molar-refractivity contribution in [3.63, 3.8) is 0 Å². The maximum absolute atomic E-state index is 9.38. The molecule has 0 atom stereocenters. The zero-order valence-electron chi connectivity index (χ0n) is 15.5. The first-order valence-electron chi connectivity index (χ1n) is 9.02. The van der Waals surface area contributed by atoms with Gasteiger partial charge in [-0.15, -0.1) is 11.3 Å². The molecule has 0 aliphatic carbocycles. The highest BCUT2D eigenvalue weighted by Crippen LogP contribution is 2.32. The molecule has 4 aromatic heterocycles. The third-order valence-corrected chi connectivity index (χ3v) is 5.60. The molecule has 2 N–H and O–H groups in total. The Morgan fingerprint density at radius 1 is 1.10 bits per heavy atom. The minimum atomic E-state index is -0.00382. The molecule has 4 heterocycles. The quantitative estimate of drug-likeness (QED) is 0.443.